The van der Waals surface area contributed by atoms with Gasteiger partial charge >= 0.3 is 0 Å². The summed E-state index contributed by atoms with van der Waals surface area (Å²) >= 11 is 9.70. The third-order valence-electron chi connectivity index (χ3n) is 5.07. The topological polar surface area (TPSA) is 44.5 Å². The van der Waals surface area contributed by atoms with Crippen LogP contribution in [0.2, 0.25) is 5.02 Å². The fraction of sp³-hybridized carbons (Fsp3) is 0.0417. The van der Waals surface area contributed by atoms with Crippen LogP contribution in [0.15, 0.2) is 77.3 Å². The van der Waals surface area contributed by atoms with Crippen molar-refractivity contribution in [2.75, 3.05) is 0 Å². The van der Waals surface area contributed by atoms with Crippen molar-refractivity contribution in [2.45, 2.75) is 6.92 Å². The predicted octanol–water partition coefficient (Wildman–Crippen LogP) is 7.62. The van der Waals surface area contributed by atoms with E-state index in [-0.39, 0.29) is 0 Å². The Bertz CT molecular complexity index is 1320. The first kappa shape index (κ1) is 18.2. The molecular formula is C24H17BrClN3. The number of hydrogen-bond acceptors (Lipinski definition) is 1. The number of nitrogens with one attached hydrogen (secondary N) is 2. The van der Waals surface area contributed by atoms with Crippen molar-refractivity contribution in [2.24, 2.45) is 0 Å². The lowest BCUT2D eigenvalue weighted by Gasteiger charge is -2.03. The van der Waals surface area contributed by atoms with Crippen LogP contribution in [0.5, 0.6) is 0 Å². The lowest BCUT2D eigenvalue weighted by molar-refractivity contribution is 1.25. The van der Waals surface area contributed by atoms with E-state index < -0.39 is 0 Å². The van der Waals surface area contributed by atoms with Crippen LogP contribution in [0.1, 0.15) is 5.69 Å². The van der Waals surface area contributed by atoms with Gasteiger partial charge in [0.15, 0.2) is 0 Å². The molecule has 0 bridgehead atoms. The number of imidazole rings is 1. The van der Waals surface area contributed by atoms with Crippen molar-refractivity contribution in [3.63, 3.8) is 0 Å². The summed E-state index contributed by atoms with van der Waals surface area (Å²) in [6.07, 6.45) is 0. The molecule has 0 saturated carbocycles. The Morgan fingerprint density at radius 2 is 1.62 bits per heavy atom. The number of aromatic amines is 2. The average Bonchev–Trinajstić information content (AvgIpc) is 3.29. The van der Waals surface area contributed by atoms with E-state index in [0.29, 0.717) is 5.02 Å². The minimum Gasteiger partial charge on any atom is -0.358 e. The molecule has 0 spiro atoms. The number of H-pyrrole nitrogens is 2. The number of halogens is 2. The van der Waals surface area contributed by atoms with Crippen molar-refractivity contribution in [3.05, 3.63) is 88.0 Å². The van der Waals surface area contributed by atoms with Crippen LogP contribution in [0.4, 0.5) is 0 Å². The van der Waals surface area contributed by atoms with Gasteiger partial charge in [0.2, 0.25) is 0 Å². The van der Waals surface area contributed by atoms with E-state index in [1.54, 1.807) is 0 Å². The normalized spacial score (nSPS) is 11.3. The maximum Gasteiger partial charge on any atom is 0.140 e. The molecule has 3 aromatic carbocycles. The lowest BCUT2D eigenvalue weighted by Crippen LogP contribution is -1.83. The molecule has 0 aliphatic rings. The Morgan fingerprint density at radius 1 is 0.862 bits per heavy atom. The van der Waals surface area contributed by atoms with Gasteiger partial charge in [0.25, 0.3) is 0 Å². The summed E-state index contributed by atoms with van der Waals surface area (Å²) < 4.78 is 1.04. The molecular weight excluding hydrogens is 446 g/mol. The Kier molecular flexibility index (Phi) is 4.53. The molecule has 0 saturated heterocycles. The first-order chi connectivity index (χ1) is 14.1. The van der Waals surface area contributed by atoms with Gasteiger partial charge in [0, 0.05) is 42.8 Å². The molecule has 3 nitrogen and oxygen atoms in total. The highest BCUT2D eigenvalue weighted by molar-refractivity contribution is 9.10. The first-order valence-electron chi connectivity index (χ1n) is 9.30. The van der Waals surface area contributed by atoms with E-state index >= 15 is 0 Å². The molecule has 0 aliphatic heterocycles. The minimum absolute atomic E-state index is 0.715. The van der Waals surface area contributed by atoms with Crippen molar-refractivity contribution in [3.8, 4) is 33.9 Å². The Balaban J connectivity index is 1.77. The van der Waals surface area contributed by atoms with Crippen molar-refractivity contribution >= 4 is 38.4 Å². The third-order valence-corrected chi connectivity index (χ3v) is 5.81. The van der Waals surface area contributed by atoms with E-state index in [1.807, 2.05) is 48.5 Å². The molecule has 0 aliphatic carbocycles. The van der Waals surface area contributed by atoms with Crippen LogP contribution in [0.3, 0.4) is 0 Å². The molecule has 2 N–H and O–H groups in total. The second-order valence-corrected chi connectivity index (χ2v) is 8.35. The van der Waals surface area contributed by atoms with Crippen LogP contribution in [-0.4, -0.2) is 15.0 Å². The van der Waals surface area contributed by atoms with E-state index in [9.17, 15) is 0 Å². The summed E-state index contributed by atoms with van der Waals surface area (Å²) in [5, 5.41) is 1.85. The smallest absolute Gasteiger partial charge is 0.140 e. The summed E-state index contributed by atoms with van der Waals surface area (Å²) in [7, 11) is 0. The zero-order valence-corrected chi connectivity index (χ0v) is 18.0. The number of aryl methyl sites for hydroxylation is 1. The van der Waals surface area contributed by atoms with E-state index in [2.05, 4.69) is 57.1 Å². The lowest BCUT2D eigenvalue weighted by atomic mass is 10.1. The second kappa shape index (κ2) is 7.21. The van der Waals surface area contributed by atoms with Crippen LogP contribution < -0.4 is 0 Å². The molecule has 0 unspecified atom stereocenters. The highest BCUT2D eigenvalue weighted by atomic mass is 79.9. The number of rotatable bonds is 3. The summed E-state index contributed by atoms with van der Waals surface area (Å²) in [6, 6.07) is 24.3. The number of benzene rings is 3. The van der Waals surface area contributed by atoms with Crippen molar-refractivity contribution in [1.82, 2.24) is 15.0 Å². The summed E-state index contributed by atoms with van der Waals surface area (Å²) in [4.78, 5) is 12.1. The molecule has 0 radical (unpaired) electrons. The molecule has 5 aromatic rings. The van der Waals surface area contributed by atoms with Crippen LogP contribution >= 0.6 is 27.5 Å². The van der Waals surface area contributed by atoms with Gasteiger partial charge in [0.05, 0.1) is 11.4 Å². The molecule has 0 amide bonds. The number of aromatic nitrogens is 3. The summed E-state index contributed by atoms with van der Waals surface area (Å²) in [6.45, 7) is 2.08. The quantitative estimate of drug-likeness (QED) is 0.284. The molecule has 29 heavy (non-hydrogen) atoms. The SMILES string of the molecule is Cc1[nH]c2ccc(Br)cc2c1-c1nc(-c2ccccc2)c(-c2ccc(Cl)cc2)[nH]1. The summed E-state index contributed by atoms with van der Waals surface area (Å²) in [5.74, 6) is 0.843. The van der Waals surface area contributed by atoms with Gasteiger partial charge in [-0.2, -0.15) is 0 Å². The zero-order valence-electron chi connectivity index (χ0n) is 15.6. The highest BCUT2D eigenvalue weighted by Crippen LogP contribution is 2.37. The molecule has 5 heteroatoms. The van der Waals surface area contributed by atoms with Gasteiger partial charge < -0.3 is 9.97 Å². The average molecular weight is 463 g/mol. The number of nitrogens with zero attached hydrogens (tertiary/aromatic N) is 1. The van der Waals surface area contributed by atoms with Gasteiger partial charge in [-0.3, -0.25) is 0 Å². The van der Waals surface area contributed by atoms with Crippen LogP contribution in [0, 0.1) is 6.92 Å². The van der Waals surface area contributed by atoms with Gasteiger partial charge in [-0.25, -0.2) is 4.98 Å². The number of fused-ring (bicyclic) bond motifs is 1. The van der Waals surface area contributed by atoms with E-state index in [1.165, 1.54) is 0 Å². The molecule has 0 atom stereocenters. The zero-order chi connectivity index (χ0) is 20.0. The Morgan fingerprint density at radius 3 is 2.38 bits per heavy atom. The monoisotopic (exact) mass is 461 g/mol. The fourth-order valence-corrected chi connectivity index (χ4v) is 4.21. The maximum atomic E-state index is 6.11. The van der Waals surface area contributed by atoms with Gasteiger partial charge in [-0.1, -0.05) is 70.0 Å². The molecule has 0 fully saturated rings. The van der Waals surface area contributed by atoms with E-state index in [4.69, 9.17) is 16.6 Å². The first-order valence-corrected chi connectivity index (χ1v) is 10.5. The standard InChI is InChI=1S/C24H17BrClN3/c1-14-21(19-13-17(25)9-12-20(19)27-14)24-28-22(15-5-3-2-4-6-15)23(29-24)16-7-10-18(26)11-8-16/h2-13,27H,1H3,(H,28,29). The largest absolute Gasteiger partial charge is 0.358 e. The molecule has 2 heterocycles. The molecule has 5 rings (SSSR count). The van der Waals surface area contributed by atoms with Gasteiger partial charge in [0.1, 0.15) is 5.82 Å². The minimum atomic E-state index is 0.715. The van der Waals surface area contributed by atoms with Gasteiger partial charge in [-0.15, -0.1) is 0 Å². The number of hydrogen-bond donors (Lipinski definition) is 2. The second-order valence-electron chi connectivity index (χ2n) is 7.00. The fourth-order valence-electron chi connectivity index (χ4n) is 3.73. The summed E-state index contributed by atoms with van der Waals surface area (Å²) in [5.41, 5.74) is 7.27. The van der Waals surface area contributed by atoms with Crippen molar-refractivity contribution in [1.29, 1.82) is 0 Å². The van der Waals surface area contributed by atoms with E-state index in [0.717, 1.165) is 55.0 Å². The predicted molar refractivity (Wildman–Crippen MR) is 124 cm³/mol. The highest BCUT2D eigenvalue weighted by Gasteiger charge is 2.19. The van der Waals surface area contributed by atoms with Crippen LogP contribution in [-0.2, 0) is 0 Å². The van der Waals surface area contributed by atoms with Crippen molar-refractivity contribution < 1.29 is 0 Å². The molecule has 2 aromatic heterocycles. The maximum absolute atomic E-state index is 6.11. The Hall–Kier alpha value is -2.82. The van der Waals surface area contributed by atoms with Crippen LogP contribution in [0.25, 0.3) is 44.8 Å². The Labute approximate surface area is 181 Å². The molecule has 142 valence electrons. The third kappa shape index (κ3) is 3.28. The van der Waals surface area contributed by atoms with Gasteiger partial charge in [-0.05, 0) is 37.3 Å².